The number of benzene rings is 2. The number of hydrogen-bond acceptors (Lipinski definition) is 3. The number of aliphatic hydroxyl groups is 1. The second-order valence-corrected chi connectivity index (χ2v) is 9.45. The van der Waals surface area contributed by atoms with E-state index < -0.39 is 11.7 Å². The molecule has 1 unspecified atom stereocenters. The Morgan fingerprint density at radius 1 is 1.06 bits per heavy atom. The number of halogens is 3. The lowest BCUT2D eigenvalue weighted by Gasteiger charge is -2.26. The molecular weight excluding hydrogens is 433 g/mol. The van der Waals surface area contributed by atoms with Gasteiger partial charge in [-0.2, -0.15) is 13.2 Å². The van der Waals surface area contributed by atoms with Gasteiger partial charge in [0.1, 0.15) is 5.76 Å². The quantitative estimate of drug-likeness (QED) is 0.431. The number of allylic oxidation sites excluding steroid dienone is 2. The molecule has 0 spiro atoms. The van der Waals surface area contributed by atoms with Gasteiger partial charge in [0.05, 0.1) is 11.1 Å². The smallest absolute Gasteiger partial charge is 0.417 e. The van der Waals surface area contributed by atoms with Crippen LogP contribution in [0.3, 0.4) is 0 Å². The Balaban J connectivity index is 1.76. The van der Waals surface area contributed by atoms with E-state index in [1.165, 1.54) is 12.1 Å². The van der Waals surface area contributed by atoms with Gasteiger partial charge in [0.2, 0.25) is 0 Å². The minimum atomic E-state index is -4.39. The van der Waals surface area contributed by atoms with Gasteiger partial charge in [0, 0.05) is 17.7 Å². The van der Waals surface area contributed by atoms with Crippen LogP contribution in [0.15, 0.2) is 47.1 Å². The molecule has 6 heteroatoms. The summed E-state index contributed by atoms with van der Waals surface area (Å²) in [5.41, 5.74) is 3.94. The third-order valence-electron chi connectivity index (χ3n) is 5.96. The summed E-state index contributed by atoms with van der Waals surface area (Å²) in [6.45, 7) is 6.12. The average molecular weight is 463 g/mol. The minimum absolute atomic E-state index is 0.0719. The van der Waals surface area contributed by atoms with Crippen molar-refractivity contribution in [3.05, 3.63) is 70.0 Å². The molecule has 0 heterocycles. The standard InChI is InChI=1S/C26H29F3O2S/c1-4-18-12-16(3)13-19(5-2)24(18)25-21(30)14-17(15-22(25)31)10-11-32-23-9-7-6-8-20(23)26(27,28)29/h6-9,12-13,17,30H,4-5,10-11,14-15H2,1-3H3. The Morgan fingerprint density at radius 3 is 2.25 bits per heavy atom. The molecule has 2 aromatic carbocycles. The first-order valence-corrected chi connectivity index (χ1v) is 12.0. The molecular formula is C26H29F3O2S. The number of carbonyl (C=O) groups is 1. The van der Waals surface area contributed by atoms with Gasteiger partial charge in [-0.25, -0.2) is 0 Å². The lowest BCUT2D eigenvalue weighted by Crippen LogP contribution is -2.21. The molecule has 1 N–H and O–H groups in total. The highest BCUT2D eigenvalue weighted by Crippen LogP contribution is 2.40. The fraction of sp³-hybridized carbons (Fsp3) is 0.423. The molecule has 3 rings (SSSR count). The zero-order valence-electron chi connectivity index (χ0n) is 18.7. The summed E-state index contributed by atoms with van der Waals surface area (Å²) in [6, 6.07) is 9.69. The summed E-state index contributed by atoms with van der Waals surface area (Å²) >= 11 is 1.15. The van der Waals surface area contributed by atoms with E-state index >= 15 is 0 Å². The number of hydrogen-bond donors (Lipinski definition) is 1. The first kappa shape index (κ1) is 24.4. The van der Waals surface area contributed by atoms with Crippen LogP contribution in [0.5, 0.6) is 0 Å². The third kappa shape index (κ3) is 5.40. The molecule has 1 atom stereocenters. The maximum atomic E-state index is 13.2. The monoisotopic (exact) mass is 462 g/mol. The second kappa shape index (κ2) is 10.2. The highest BCUT2D eigenvalue weighted by molar-refractivity contribution is 7.99. The van der Waals surface area contributed by atoms with E-state index in [1.54, 1.807) is 6.07 Å². The number of Topliss-reactive ketones (excluding diaryl/α,β-unsaturated/α-hetero) is 1. The fourth-order valence-electron chi connectivity index (χ4n) is 4.44. The number of rotatable bonds is 7. The van der Waals surface area contributed by atoms with Crippen molar-refractivity contribution in [1.82, 2.24) is 0 Å². The van der Waals surface area contributed by atoms with Crippen molar-refractivity contribution in [3.63, 3.8) is 0 Å². The Hall–Kier alpha value is -2.21. The van der Waals surface area contributed by atoms with Gasteiger partial charge >= 0.3 is 6.18 Å². The highest BCUT2D eigenvalue weighted by Gasteiger charge is 2.34. The van der Waals surface area contributed by atoms with Gasteiger partial charge in [-0.1, -0.05) is 43.7 Å². The van der Waals surface area contributed by atoms with Crippen molar-refractivity contribution in [1.29, 1.82) is 0 Å². The molecule has 1 aliphatic carbocycles. The van der Waals surface area contributed by atoms with Gasteiger partial charge in [-0.3, -0.25) is 4.79 Å². The highest BCUT2D eigenvalue weighted by atomic mass is 32.2. The van der Waals surface area contributed by atoms with Gasteiger partial charge in [-0.05, 0) is 66.7 Å². The van der Waals surface area contributed by atoms with Crippen molar-refractivity contribution in [2.45, 2.75) is 63.9 Å². The molecule has 0 bridgehead atoms. The lowest BCUT2D eigenvalue weighted by atomic mass is 9.79. The van der Waals surface area contributed by atoms with Gasteiger partial charge in [-0.15, -0.1) is 11.8 Å². The molecule has 2 nitrogen and oxygen atoms in total. The van der Waals surface area contributed by atoms with Gasteiger partial charge in [0.25, 0.3) is 0 Å². The van der Waals surface area contributed by atoms with Crippen molar-refractivity contribution in [2.75, 3.05) is 5.75 Å². The Kier molecular flexibility index (Phi) is 7.75. The van der Waals surface area contributed by atoms with Crippen molar-refractivity contribution < 1.29 is 23.1 Å². The molecule has 172 valence electrons. The van der Waals surface area contributed by atoms with Crippen LogP contribution in [0.1, 0.15) is 60.9 Å². The predicted molar refractivity (Wildman–Crippen MR) is 124 cm³/mol. The van der Waals surface area contributed by atoms with Crippen LogP contribution in [-0.4, -0.2) is 16.6 Å². The van der Waals surface area contributed by atoms with Crippen LogP contribution in [0.2, 0.25) is 0 Å². The summed E-state index contributed by atoms with van der Waals surface area (Å²) in [5, 5.41) is 10.8. The molecule has 0 saturated heterocycles. The Morgan fingerprint density at radius 2 is 1.69 bits per heavy atom. The maximum absolute atomic E-state index is 13.2. The SMILES string of the molecule is CCc1cc(C)cc(CC)c1C1=C(O)CC(CCSc2ccccc2C(F)(F)F)CC1=O. The first-order valence-electron chi connectivity index (χ1n) is 11.0. The summed E-state index contributed by atoms with van der Waals surface area (Å²) in [5.74, 6) is 0.420. The van der Waals surface area contributed by atoms with Crippen LogP contribution >= 0.6 is 11.8 Å². The minimum Gasteiger partial charge on any atom is -0.512 e. The number of ketones is 1. The molecule has 0 amide bonds. The van der Waals surface area contributed by atoms with E-state index in [2.05, 4.69) is 12.1 Å². The van der Waals surface area contributed by atoms with Crippen molar-refractivity contribution in [3.8, 4) is 0 Å². The topological polar surface area (TPSA) is 37.3 Å². The summed E-state index contributed by atoms with van der Waals surface area (Å²) < 4.78 is 39.6. The summed E-state index contributed by atoms with van der Waals surface area (Å²) in [6.07, 6.45) is -1.60. The molecule has 1 aliphatic rings. The Labute approximate surface area is 191 Å². The van der Waals surface area contributed by atoms with Crippen LogP contribution in [-0.2, 0) is 23.8 Å². The molecule has 2 aromatic rings. The lowest BCUT2D eigenvalue weighted by molar-refractivity contribution is -0.139. The van der Waals surface area contributed by atoms with Gasteiger partial charge in [0.15, 0.2) is 5.78 Å². The van der Waals surface area contributed by atoms with Crippen LogP contribution < -0.4 is 0 Å². The van der Waals surface area contributed by atoms with E-state index in [1.807, 2.05) is 20.8 Å². The molecule has 32 heavy (non-hydrogen) atoms. The first-order chi connectivity index (χ1) is 15.2. The van der Waals surface area contributed by atoms with Crippen LogP contribution in [0, 0.1) is 12.8 Å². The zero-order valence-corrected chi connectivity index (χ0v) is 19.5. The zero-order chi connectivity index (χ0) is 23.5. The molecule has 0 aromatic heterocycles. The summed E-state index contributed by atoms with van der Waals surface area (Å²) in [7, 11) is 0. The number of thioether (sulfide) groups is 1. The Bertz CT molecular complexity index is 999. The fourth-order valence-corrected chi connectivity index (χ4v) is 5.63. The molecule has 0 radical (unpaired) electrons. The van der Waals surface area contributed by atoms with E-state index in [0.717, 1.165) is 52.9 Å². The molecule has 0 saturated carbocycles. The van der Waals surface area contributed by atoms with Gasteiger partial charge < -0.3 is 5.11 Å². The van der Waals surface area contributed by atoms with E-state index in [0.29, 0.717) is 30.6 Å². The predicted octanol–water partition coefficient (Wildman–Crippen LogP) is 7.57. The van der Waals surface area contributed by atoms with Crippen LogP contribution in [0.25, 0.3) is 5.57 Å². The largest absolute Gasteiger partial charge is 0.512 e. The van der Waals surface area contributed by atoms with Crippen molar-refractivity contribution >= 4 is 23.1 Å². The molecule has 0 aliphatic heterocycles. The van der Waals surface area contributed by atoms with E-state index in [9.17, 15) is 23.1 Å². The average Bonchev–Trinajstić information content (AvgIpc) is 2.73. The third-order valence-corrected chi connectivity index (χ3v) is 7.06. The number of aliphatic hydroxyl groups excluding tert-OH is 1. The summed E-state index contributed by atoms with van der Waals surface area (Å²) in [4.78, 5) is 13.3. The number of aryl methyl sites for hydroxylation is 3. The second-order valence-electron chi connectivity index (χ2n) is 8.32. The van der Waals surface area contributed by atoms with Crippen LogP contribution in [0.4, 0.5) is 13.2 Å². The number of alkyl halides is 3. The normalized spacial score (nSPS) is 17.2. The van der Waals surface area contributed by atoms with Crippen molar-refractivity contribution in [2.24, 2.45) is 5.92 Å². The maximum Gasteiger partial charge on any atom is 0.417 e. The number of carbonyl (C=O) groups excluding carboxylic acids is 1. The van der Waals surface area contributed by atoms with E-state index in [-0.39, 0.29) is 22.4 Å². The molecule has 0 fully saturated rings. The van der Waals surface area contributed by atoms with E-state index in [4.69, 9.17) is 0 Å².